The van der Waals surface area contributed by atoms with Gasteiger partial charge in [0.05, 0.1) is 11.1 Å². The van der Waals surface area contributed by atoms with Crippen LogP contribution in [0.2, 0.25) is 0 Å². The summed E-state index contributed by atoms with van der Waals surface area (Å²) in [5, 5.41) is 5.53. The van der Waals surface area contributed by atoms with Crippen LogP contribution in [0.25, 0.3) is 21.9 Å². The van der Waals surface area contributed by atoms with Crippen LogP contribution >= 0.6 is 11.8 Å². The lowest BCUT2D eigenvalue weighted by Gasteiger charge is -2.14. The molecule has 156 valence electrons. The maximum Gasteiger partial charge on any atom is 0.164 e. The second kappa shape index (κ2) is 8.37. The molecule has 3 heterocycles. The first-order valence-corrected chi connectivity index (χ1v) is 11.2. The molecular formula is C26H21N5S. The summed E-state index contributed by atoms with van der Waals surface area (Å²) in [6.45, 7) is 4.24. The lowest BCUT2D eigenvalue weighted by Crippen LogP contribution is -2.00. The molecule has 0 fully saturated rings. The van der Waals surface area contributed by atoms with Crippen LogP contribution in [0, 0.1) is 12.3 Å². The van der Waals surface area contributed by atoms with Crippen LogP contribution in [0.3, 0.4) is 0 Å². The Morgan fingerprint density at radius 1 is 1.03 bits per heavy atom. The topological polar surface area (TPSA) is 66.5 Å². The molecule has 0 amide bonds. The van der Waals surface area contributed by atoms with E-state index in [4.69, 9.17) is 11.4 Å². The number of pyridine rings is 1. The summed E-state index contributed by atoms with van der Waals surface area (Å²) in [5.74, 6) is 3.76. The predicted molar refractivity (Wildman–Crippen MR) is 132 cm³/mol. The first-order valence-electron chi connectivity index (χ1n) is 10.3. The molecule has 5 aromatic rings. The minimum Gasteiger partial charge on any atom is -0.361 e. The summed E-state index contributed by atoms with van der Waals surface area (Å²) in [7, 11) is 0. The minimum atomic E-state index is 0.332. The zero-order chi connectivity index (χ0) is 22.1. The Morgan fingerprint density at radius 2 is 1.94 bits per heavy atom. The average molecular weight is 436 g/mol. The second-order valence-corrected chi connectivity index (χ2v) is 8.91. The van der Waals surface area contributed by atoms with Crippen molar-refractivity contribution in [2.75, 3.05) is 5.32 Å². The van der Waals surface area contributed by atoms with Gasteiger partial charge in [-0.1, -0.05) is 37.6 Å². The quantitative estimate of drug-likeness (QED) is 0.308. The van der Waals surface area contributed by atoms with Gasteiger partial charge in [0, 0.05) is 32.8 Å². The van der Waals surface area contributed by atoms with E-state index in [1.54, 1.807) is 18.1 Å². The Labute approximate surface area is 190 Å². The van der Waals surface area contributed by atoms with Crippen molar-refractivity contribution >= 4 is 45.2 Å². The smallest absolute Gasteiger partial charge is 0.164 e. The molecule has 6 heteroatoms. The van der Waals surface area contributed by atoms with E-state index < -0.39 is 0 Å². The van der Waals surface area contributed by atoms with Crippen LogP contribution in [0.4, 0.5) is 11.5 Å². The number of hydrogen-bond acceptors (Lipinski definition) is 5. The number of rotatable bonds is 5. The Hall–Kier alpha value is -3.82. The monoisotopic (exact) mass is 435 g/mol. The normalized spacial score (nSPS) is 11.2. The summed E-state index contributed by atoms with van der Waals surface area (Å²) in [6.07, 6.45) is 9.17. The first-order chi connectivity index (χ1) is 15.6. The Morgan fingerprint density at radius 3 is 2.78 bits per heavy atom. The van der Waals surface area contributed by atoms with Crippen LogP contribution < -0.4 is 5.32 Å². The van der Waals surface area contributed by atoms with E-state index >= 15 is 0 Å². The van der Waals surface area contributed by atoms with E-state index in [2.05, 4.69) is 64.3 Å². The van der Waals surface area contributed by atoms with Crippen LogP contribution in [0.5, 0.6) is 0 Å². The molecular weight excluding hydrogens is 414 g/mol. The number of hydrogen-bond donors (Lipinski definition) is 2. The highest BCUT2D eigenvalue weighted by Crippen LogP contribution is 2.37. The number of terminal acetylenes is 1. The Kier molecular flexibility index (Phi) is 5.26. The SMILES string of the molecule is C#Cc1ccc(Sc2ccc3cc[nH]c3c2)c(Nc2ncnc3nc(C(C)C)ccc23)c1. The van der Waals surface area contributed by atoms with E-state index in [1.165, 1.54) is 5.39 Å². The fourth-order valence-corrected chi connectivity index (χ4v) is 4.45. The zero-order valence-electron chi connectivity index (χ0n) is 17.8. The molecule has 32 heavy (non-hydrogen) atoms. The molecule has 0 aliphatic carbocycles. The van der Waals surface area contributed by atoms with Crippen LogP contribution in [0.1, 0.15) is 31.0 Å². The highest BCUT2D eigenvalue weighted by Gasteiger charge is 2.12. The lowest BCUT2D eigenvalue weighted by molar-refractivity contribution is 0.827. The van der Waals surface area contributed by atoms with Crippen molar-refractivity contribution < 1.29 is 0 Å². The fraction of sp³-hybridized carbons (Fsp3) is 0.115. The number of benzene rings is 2. The van der Waals surface area contributed by atoms with Crippen molar-refractivity contribution in [3.63, 3.8) is 0 Å². The number of fused-ring (bicyclic) bond motifs is 2. The van der Waals surface area contributed by atoms with E-state index in [1.807, 2.05) is 36.5 Å². The third kappa shape index (κ3) is 3.91. The van der Waals surface area contributed by atoms with Gasteiger partial charge in [-0.05, 0) is 59.8 Å². The van der Waals surface area contributed by atoms with Gasteiger partial charge in [-0.2, -0.15) is 0 Å². The summed E-state index contributed by atoms with van der Waals surface area (Å²) in [5.41, 5.74) is 4.49. The number of nitrogens with one attached hydrogen (secondary N) is 2. The van der Waals surface area contributed by atoms with Gasteiger partial charge in [0.15, 0.2) is 5.65 Å². The van der Waals surface area contributed by atoms with Crippen molar-refractivity contribution in [2.45, 2.75) is 29.6 Å². The molecule has 5 nitrogen and oxygen atoms in total. The average Bonchev–Trinajstić information content (AvgIpc) is 3.28. The van der Waals surface area contributed by atoms with Gasteiger partial charge in [0.1, 0.15) is 12.1 Å². The van der Waals surface area contributed by atoms with E-state index in [0.717, 1.165) is 37.6 Å². The van der Waals surface area contributed by atoms with E-state index in [0.29, 0.717) is 17.4 Å². The van der Waals surface area contributed by atoms with Gasteiger partial charge in [0.25, 0.3) is 0 Å². The highest BCUT2D eigenvalue weighted by atomic mass is 32.2. The Bertz CT molecular complexity index is 1480. The molecule has 0 aliphatic rings. The first kappa shape index (κ1) is 20.1. The molecule has 0 saturated carbocycles. The van der Waals surface area contributed by atoms with E-state index in [-0.39, 0.29) is 0 Å². The standard InChI is InChI=1S/C26H21N5S/c1-4-17-5-10-24(32-19-7-6-18-11-12-27-22(18)14-19)23(13-17)31-26-20-8-9-21(16(2)3)30-25(20)28-15-29-26/h1,5-16,27H,2-3H3,(H,28,29,30,31). The van der Waals surface area contributed by atoms with E-state index in [9.17, 15) is 0 Å². The molecule has 2 N–H and O–H groups in total. The number of aromatic nitrogens is 4. The summed E-state index contributed by atoms with van der Waals surface area (Å²) in [4.78, 5) is 19.0. The Balaban J connectivity index is 1.53. The number of nitrogens with zero attached hydrogens (tertiary/aromatic N) is 3. The maximum absolute atomic E-state index is 5.68. The molecule has 0 saturated heterocycles. The van der Waals surface area contributed by atoms with Crippen molar-refractivity contribution in [3.05, 3.63) is 78.4 Å². The van der Waals surface area contributed by atoms with Crippen LogP contribution in [0.15, 0.2) is 76.9 Å². The van der Waals surface area contributed by atoms with Gasteiger partial charge >= 0.3 is 0 Å². The van der Waals surface area contributed by atoms with Crippen molar-refractivity contribution in [3.8, 4) is 12.3 Å². The largest absolute Gasteiger partial charge is 0.361 e. The molecule has 3 aromatic heterocycles. The molecule has 0 radical (unpaired) electrons. The third-order valence-electron chi connectivity index (χ3n) is 5.26. The molecule has 2 aromatic carbocycles. The third-order valence-corrected chi connectivity index (χ3v) is 6.33. The van der Waals surface area contributed by atoms with Crippen molar-refractivity contribution in [1.82, 2.24) is 19.9 Å². The molecule has 0 unspecified atom stereocenters. The van der Waals surface area contributed by atoms with Gasteiger partial charge in [0.2, 0.25) is 0 Å². The number of aromatic amines is 1. The number of H-pyrrole nitrogens is 1. The highest BCUT2D eigenvalue weighted by molar-refractivity contribution is 7.99. The second-order valence-electron chi connectivity index (χ2n) is 7.79. The fourth-order valence-electron chi connectivity index (χ4n) is 3.53. The zero-order valence-corrected chi connectivity index (χ0v) is 18.6. The van der Waals surface area contributed by atoms with Crippen LogP contribution in [-0.4, -0.2) is 19.9 Å². The lowest BCUT2D eigenvalue weighted by atomic mass is 10.1. The van der Waals surface area contributed by atoms with Gasteiger partial charge in [-0.3, -0.25) is 0 Å². The van der Waals surface area contributed by atoms with Gasteiger partial charge in [-0.25, -0.2) is 15.0 Å². The molecule has 0 atom stereocenters. The van der Waals surface area contributed by atoms with Crippen molar-refractivity contribution in [2.24, 2.45) is 0 Å². The maximum atomic E-state index is 5.68. The van der Waals surface area contributed by atoms with Crippen molar-refractivity contribution in [1.29, 1.82) is 0 Å². The molecule has 0 bridgehead atoms. The predicted octanol–water partition coefficient (Wildman–Crippen LogP) is 6.51. The molecule has 0 spiro atoms. The minimum absolute atomic E-state index is 0.332. The van der Waals surface area contributed by atoms with Gasteiger partial charge < -0.3 is 10.3 Å². The van der Waals surface area contributed by atoms with Gasteiger partial charge in [-0.15, -0.1) is 6.42 Å². The molecule has 5 rings (SSSR count). The number of anilines is 2. The summed E-state index contributed by atoms with van der Waals surface area (Å²) >= 11 is 1.67. The summed E-state index contributed by atoms with van der Waals surface area (Å²) < 4.78 is 0. The van der Waals surface area contributed by atoms with Crippen LogP contribution in [-0.2, 0) is 0 Å². The summed E-state index contributed by atoms with van der Waals surface area (Å²) in [6, 6.07) is 18.5. The molecule has 0 aliphatic heterocycles.